The van der Waals surface area contributed by atoms with Crippen molar-refractivity contribution in [3.63, 3.8) is 0 Å². The van der Waals surface area contributed by atoms with Crippen LogP contribution in [-0.2, 0) is 31.7 Å². The first kappa shape index (κ1) is 27.9. The van der Waals surface area contributed by atoms with E-state index in [0.29, 0.717) is 18.7 Å². The number of ether oxygens (including phenoxy) is 2. The predicted octanol–water partition coefficient (Wildman–Crippen LogP) is 4.12. The van der Waals surface area contributed by atoms with Gasteiger partial charge in [-0.1, -0.05) is 36.4 Å². The number of fused-ring (bicyclic) bond motifs is 2. The molecule has 2 N–H and O–H groups in total. The van der Waals surface area contributed by atoms with Crippen LogP contribution in [0.15, 0.2) is 77.9 Å². The molecular formula is C30H32F3N3O4. The Labute approximate surface area is 231 Å². The second-order valence-corrected chi connectivity index (χ2v) is 10.2. The Morgan fingerprint density at radius 3 is 2.45 bits per heavy atom. The van der Waals surface area contributed by atoms with Gasteiger partial charge in [-0.25, -0.2) is 4.79 Å². The van der Waals surface area contributed by atoms with Gasteiger partial charge < -0.3 is 25.0 Å². The summed E-state index contributed by atoms with van der Waals surface area (Å²) in [5.41, 5.74) is -0.503. The molecule has 2 aromatic carbocycles. The fourth-order valence-corrected chi connectivity index (χ4v) is 5.70. The van der Waals surface area contributed by atoms with E-state index >= 15 is 0 Å². The standard InChI is InChI=1S/C30H32F3N3O4/c1-39-28(38)26-25(27(37)34-15-18-36-16-5-6-17-36)23-13-14-29(26,40-23)24(35-22-7-3-2-4-8-22)19-20-9-11-21(12-10-20)30(31,32)33/h2-4,7-14,23-24,35H,5-6,15-19H2,1H3,(H,34,37). The van der Waals surface area contributed by atoms with E-state index in [9.17, 15) is 22.8 Å². The van der Waals surface area contributed by atoms with Crippen LogP contribution in [0.25, 0.3) is 0 Å². The van der Waals surface area contributed by atoms with E-state index in [4.69, 9.17) is 9.47 Å². The lowest BCUT2D eigenvalue weighted by Crippen LogP contribution is -2.49. The summed E-state index contributed by atoms with van der Waals surface area (Å²) in [6.45, 7) is 3.14. The zero-order valence-corrected chi connectivity index (χ0v) is 22.2. The first-order valence-corrected chi connectivity index (χ1v) is 13.4. The van der Waals surface area contributed by atoms with Crippen LogP contribution < -0.4 is 10.6 Å². The average molecular weight is 556 g/mol. The summed E-state index contributed by atoms with van der Waals surface area (Å²) < 4.78 is 51.0. The maximum absolute atomic E-state index is 13.4. The number of esters is 1. The Bertz CT molecular complexity index is 1290. The maximum atomic E-state index is 13.4. The summed E-state index contributed by atoms with van der Waals surface area (Å²) in [5.74, 6) is -1.09. The molecule has 7 nitrogen and oxygen atoms in total. The van der Waals surface area contributed by atoms with Gasteiger partial charge in [0.1, 0.15) is 11.7 Å². The largest absolute Gasteiger partial charge is 0.466 e. The second kappa shape index (κ2) is 11.5. The third-order valence-corrected chi connectivity index (χ3v) is 7.69. The molecule has 3 atom stereocenters. The molecule has 212 valence electrons. The number of hydrogen-bond donors (Lipinski definition) is 2. The highest BCUT2D eigenvalue weighted by Crippen LogP contribution is 2.47. The van der Waals surface area contributed by atoms with Crippen LogP contribution in [0.4, 0.5) is 18.9 Å². The van der Waals surface area contributed by atoms with Crippen LogP contribution in [0.3, 0.4) is 0 Å². The molecule has 3 aliphatic heterocycles. The lowest BCUT2D eigenvalue weighted by molar-refractivity contribution is -0.138. The highest BCUT2D eigenvalue weighted by atomic mass is 19.4. The van der Waals surface area contributed by atoms with Crippen molar-refractivity contribution in [2.75, 3.05) is 38.6 Å². The number of hydrogen-bond acceptors (Lipinski definition) is 6. The maximum Gasteiger partial charge on any atom is 0.416 e. The highest BCUT2D eigenvalue weighted by Gasteiger charge is 2.58. The minimum absolute atomic E-state index is 0.0986. The number of likely N-dealkylation sites (tertiary alicyclic amines) is 1. The van der Waals surface area contributed by atoms with Crippen LogP contribution in [0, 0.1) is 0 Å². The zero-order valence-electron chi connectivity index (χ0n) is 22.2. The van der Waals surface area contributed by atoms with Crippen LogP contribution >= 0.6 is 0 Å². The minimum Gasteiger partial charge on any atom is -0.466 e. The molecule has 0 saturated carbocycles. The molecule has 3 unspecified atom stereocenters. The Kier molecular flexibility index (Phi) is 8.00. The summed E-state index contributed by atoms with van der Waals surface area (Å²) in [6, 6.07) is 13.5. The summed E-state index contributed by atoms with van der Waals surface area (Å²) >= 11 is 0. The van der Waals surface area contributed by atoms with Crippen molar-refractivity contribution < 1.29 is 32.2 Å². The highest BCUT2D eigenvalue weighted by molar-refractivity contribution is 6.07. The Balaban J connectivity index is 1.47. The van der Waals surface area contributed by atoms with Crippen molar-refractivity contribution in [2.45, 2.75) is 43.2 Å². The molecule has 0 aromatic heterocycles. The van der Waals surface area contributed by atoms with E-state index in [2.05, 4.69) is 15.5 Å². The zero-order chi connectivity index (χ0) is 28.3. The third-order valence-electron chi connectivity index (χ3n) is 7.69. The SMILES string of the molecule is COC(=O)C1=C(C(=O)NCCN2CCCC2)C2C=CC1(C(Cc1ccc(C(F)(F)F)cc1)Nc1ccccc1)O2. The summed E-state index contributed by atoms with van der Waals surface area (Å²) in [5, 5.41) is 6.34. The van der Waals surface area contributed by atoms with Gasteiger partial charge in [0, 0.05) is 18.8 Å². The number of halogens is 3. The smallest absolute Gasteiger partial charge is 0.416 e. The lowest BCUT2D eigenvalue weighted by Gasteiger charge is -2.36. The van der Waals surface area contributed by atoms with Crippen LogP contribution in [0.5, 0.6) is 0 Å². The van der Waals surface area contributed by atoms with Gasteiger partial charge in [0.05, 0.1) is 29.9 Å². The second-order valence-electron chi connectivity index (χ2n) is 10.2. The summed E-state index contributed by atoms with van der Waals surface area (Å²) in [6.07, 6.45) is 0.770. The van der Waals surface area contributed by atoms with Gasteiger partial charge in [-0.05, 0) is 68.3 Å². The molecule has 0 spiro atoms. The number of methoxy groups -OCH3 is 1. The van der Waals surface area contributed by atoms with Gasteiger partial charge in [-0.3, -0.25) is 4.79 Å². The fraction of sp³-hybridized carbons (Fsp3) is 0.400. The van der Waals surface area contributed by atoms with E-state index in [0.717, 1.165) is 43.8 Å². The number of para-hydroxylation sites is 1. The van der Waals surface area contributed by atoms with Crippen molar-refractivity contribution in [1.82, 2.24) is 10.2 Å². The molecule has 2 bridgehead atoms. The molecule has 3 heterocycles. The third kappa shape index (κ3) is 5.64. The summed E-state index contributed by atoms with van der Waals surface area (Å²) in [7, 11) is 1.25. The number of rotatable bonds is 10. The van der Waals surface area contributed by atoms with Gasteiger partial charge in [-0.15, -0.1) is 0 Å². The molecule has 10 heteroatoms. The fourth-order valence-electron chi connectivity index (χ4n) is 5.70. The summed E-state index contributed by atoms with van der Waals surface area (Å²) in [4.78, 5) is 28.9. The molecule has 1 saturated heterocycles. The van der Waals surface area contributed by atoms with E-state index < -0.39 is 41.4 Å². The molecule has 3 aliphatic rings. The van der Waals surface area contributed by atoms with Crippen molar-refractivity contribution in [3.05, 3.63) is 89.0 Å². The predicted molar refractivity (Wildman–Crippen MR) is 143 cm³/mol. The first-order valence-electron chi connectivity index (χ1n) is 13.4. The molecule has 1 amide bonds. The first-order chi connectivity index (χ1) is 19.2. The number of carbonyl (C=O) groups is 2. The van der Waals surface area contributed by atoms with Crippen molar-refractivity contribution >= 4 is 17.6 Å². The van der Waals surface area contributed by atoms with Gasteiger partial charge >= 0.3 is 12.1 Å². The number of alkyl halides is 3. The lowest BCUT2D eigenvalue weighted by atomic mass is 9.78. The van der Waals surface area contributed by atoms with Crippen molar-refractivity contribution in [2.24, 2.45) is 0 Å². The molecule has 40 heavy (non-hydrogen) atoms. The van der Waals surface area contributed by atoms with E-state index in [1.807, 2.05) is 30.3 Å². The molecule has 2 aromatic rings. The number of amides is 1. The molecule has 0 aliphatic carbocycles. The number of nitrogens with zero attached hydrogens (tertiary/aromatic N) is 1. The topological polar surface area (TPSA) is 79.9 Å². The van der Waals surface area contributed by atoms with Crippen molar-refractivity contribution in [3.8, 4) is 0 Å². The van der Waals surface area contributed by atoms with Crippen LogP contribution in [-0.4, -0.2) is 67.8 Å². The number of anilines is 1. The van der Waals surface area contributed by atoms with Gasteiger partial charge in [0.25, 0.3) is 5.91 Å². The Hall–Kier alpha value is -3.63. The quantitative estimate of drug-likeness (QED) is 0.339. The van der Waals surface area contributed by atoms with Crippen LogP contribution in [0.1, 0.15) is 24.0 Å². The monoisotopic (exact) mass is 555 g/mol. The molecular weight excluding hydrogens is 523 g/mol. The van der Waals surface area contributed by atoms with E-state index in [-0.39, 0.29) is 17.6 Å². The van der Waals surface area contributed by atoms with Crippen molar-refractivity contribution in [1.29, 1.82) is 0 Å². The Morgan fingerprint density at radius 1 is 1.10 bits per heavy atom. The van der Waals surface area contributed by atoms with Gasteiger partial charge in [-0.2, -0.15) is 13.2 Å². The number of nitrogens with one attached hydrogen (secondary N) is 2. The van der Waals surface area contributed by atoms with E-state index in [1.165, 1.54) is 19.2 Å². The molecule has 5 rings (SSSR count). The number of benzene rings is 2. The molecule has 1 fully saturated rings. The molecule has 0 radical (unpaired) electrons. The average Bonchev–Trinajstić information content (AvgIpc) is 3.69. The normalized spacial score (nSPS) is 22.9. The Morgan fingerprint density at radius 2 is 1.80 bits per heavy atom. The van der Waals surface area contributed by atoms with E-state index in [1.54, 1.807) is 12.2 Å². The van der Waals surface area contributed by atoms with Gasteiger partial charge in [0.2, 0.25) is 0 Å². The van der Waals surface area contributed by atoms with Crippen LogP contribution in [0.2, 0.25) is 0 Å². The van der Waals surface area contributed by atoms with Gasteiger partial charge in [0.15, 0.2) is 0 Å². The number of carbonyl (C=O) groups excluding carboxylic acids is 2. The minimum atomic E-state index is -4.45.